The number of benzene rings is 1. The minimum absolute atomic E-state index is 0. The van der Waals surface area contributed by atoms with Gasteiger partial charge in [-0.05, 0) is 50.5 Å². The number of hydrogen-bond donors (Lipinski definition) is 2. The molecule has 24 heavy (non-hydrogen) atoms. The largest absolute Gasteiger partial charge is 0.352 e. The molecule has 2 rings (SSSR count). The molecule has 1 saturated heterocycles. The third kappa shape index (κ3) is 5.19. The van der Waals surface area contributed by atoms with Crippen molar-refractivity contribution in [3.05, 3.63) is 33.8 Å². The monoisotopic (exact) mass is 417 g/mol. The molecule has 1 fully saturated rings. The van der Waals surface area contributed by atoms with Crippen LogP contribution in [0.1, 0.15) is 35.7 Å². The van der Waals surface area contributed by atoms with E-state index in [9.17, 15) is 9.59 Å². The summed E-state index contributed by atoms with van der Waals surface area (Å²) in [4.78, 5) is 26.8. The number of nitrogens with two attached hydrogens (primary N) is 1. The maximum Gasteiger partial charge on any atom is 0.254 e. The van der Waals surface area contributed by atoms with Crippen LogP contribution in [-0.4, -0.2) is 42.4 Å². The Bertz CT molecular complexity index is 597. The van der Waals surface area contributed by atoms with Crippen LogP contribution in [0, 0.1) is 12.8 Å². The highest BCUT2D eigenvalue weighted by atomic mass is 79.9. The fraction of sp³-hybridized carbons (Fsp3) is 0.529. The zero-order chi connectivity index (χ0) is 17.0. The Kier molecular flexibility index (Phi) is 8.19. The lowest BCUT2D eigenvalue weighted by molar-refractivity contribution is -0.126. The highest BCUT2D eigenvalue weighted by molar-refractivity contribution is 9.10. The maximum absolute atomic E-state index is 12.7. The summed E-state index contributed by atoms with van der Waals surface area (Å²) in [6.07, 6.45) is 1.66. The van der Waals surface area contributed by atoms with Gasteiger partial charge in [0.25, 0.3) is 5.91 Å². The zero-order valence-corrected chi connectivity index (χ0v) is 16.5. The second-order valence-electron chi connectivity index (χ2n) is 6.19. The van der Waals surface area contributed by atoms with Gasteiger partial charge in [0, 0.05) is 35.7 Å². The van der Waals surface area contributed by atoms with Crippen molar-refractivity contribution in [3.63, 3.8) is 0 Å². The molecule has 1 unspecified atom stereocenters. The summed E-state index contributed by atoms with van der Waals surface area (Å²) < 4.78 is 0.957. The van der Waals surface area contributed by atoms with E-state index in [1.54, 1.807) is 4.90 Å². The Morgan fingerprint density at radius 1 is 1.46 bits per heavy atom. The smallest absolute Gasteiger partial charge is 0.254 e. The number of piperidine rings is 1. The summed E-state index contributed by atoms with van der Waals surface area (Å²) in [5.74, 6) is -0.162. The molecule has 0 saturated carbocycles. The van der Waals surface area contributed by atoms with Gasteiger partial charge in [0.05, 0.1) is 5.92 Å². The predicted molar refractivity (Wildman–Crippen MR) is 101 cm³/mol. The quantitative estimate of drug-likeness (QED) is 0.789. The minimum atomic E-state index is -0.155. The molecule has 1 aromatic carbocycles. The van der Waals surface area contributed by atoms with Crippen LogP contribution in [0.25, 0.3) is 0 Å². The number of carbonyl (C=O) groups is 2. The van der Waals surface area contributed by atoms with Crippen molar-refractivity contribution in [3.8, 4) is 0 Å². The highest BCUT2D eigenvalue weighted by Crippen LogP contribution is 2.22. The summed E-state index contributed by atoms with van der Waals surface area (Å²) in [6, 6.07) is 5.60. The van der Waals surface area contributed by atoms with Gasteiger partial charge >= 0.3 is 0 Å². The first-order valence-electron chi connectivity index (χ1n) is 7.98. The van der Waals surface area contributed by atoms with Gasteiger partial charge in [-0.25, -0.2) is 0 Å². The second kappa shape index (κ2) is 9.39. The number of amides is 2. The number of carbonyl (C=O) groups excluding carboxylic acids is 2. The standard InChI is InChI=1S/C17H24BrN3O2.ClH/c1-11-8-14(18)5-6-15(11)17(23)21-7-3-4-13(10-21)16(22)20-12(2)9-19;/h5-6,8,12-13H,3-4,7,9-10,19H2,1-2H3,(H,20,22);1H/t12-,13?;/m0./s1. The van der Waals surface area contributed by atoms with Gasteiger partial charge in [0.2, 0.25) is 5.91 Å². The van der Waals surface area contributed by atoms with E-state index < -0.39 is 0 Å². The highest BCUT2D eigenvalue weighted by Gasteiger charge is 2.29. The molecule has 7 heteroatoms. The van der Waals surface area contributed by atoms with E-state index in [0.29, 0.717) is 25.2 Å². The van der Waals surface area contributed by atoms with Crippen LogP contribution < -0.4 is 11.1 Å². The van der Waals surface area contributed by atoms with Crippen LogP contribution >= 0.6 is 28.3 Å². The molecule has 0 spiro atoms. The molecule has 0 aromatic heterocycles. The number of nitrogens with one attached hydrogen (secondary N) is 1. The fourth-order valence-electron chi connectivity index (χ4n) is 2.83. The summed E-state index contributed by atoms with van der Waals surface area (Å²) in [5, 5.41) is 2.91. The fourth-order valence-corrected chi connectivity index (χ4v) is 3.31. The van der Waals surface area contributed by atoms with Crippen molar-refractivity contribution < 1.29 is 9.59 Å². The summed E-state index contributed by atoms with van der Waals surface area (Å²) in [7, 11) is 0. The van der Waals surface area contributed by atoms with E-state index in [1.807, 2.05) is 32.0 Å². The number of likely N-dealkylation sites (tertiary alicyclic amines) is 1. The molecule has 1 aliphatic heterocycles. The third-order valence-corrected chi connectivity index (χ3v) is 4.73. The average Bonchev–Trinajstić information content (AvgIpc) is 2.54. The van der Waals surface area contributed by atoms with Crippen LogP contribution in [0.5, 0.6) is 0 Å². The minimum Gasteiger partial charge on any atom is -0.352 e. The number of rotatable bonds is 4. The summed E-state index contributed by atoms with van der Waals surface area (Å²) in [5.41, 5.74) is 7.18. The second-order valence-corrected chi connectivity index (χ2v) is 7.11. The van der Waals surface area contributed by atoms with E-state index >= 15 is 0 Å². The Morgan fingerprint density at radius 2 is 2.17 bits per heavy atom. The third-order valence-electron chi connectivity index (χ3n) is 4.24. The van der Waals surface area contributed by atoms with Crippen LogP contribution in [0.3, 0.4) is 0 Å². The van der Waals surface area contributed by atoms with Crippen LogP contribution in [-0.2, 0) is 4.79 Å². The van der Waals surface area contributed by atoms with E-state index in [1.165, 1.54) is 0 Å². The van der Waals surface area contributed by atoms with Crippen LogP contribution in [0.4, 0.5) is 0 Å². The Labute approximate surface area is 157 Å². The molecule has 2 atom stereocenters. The molecule has 1 heterocycles. The first-order valence-corrected chi connectivity index (χ1v) is 8.77. The molecule has 1 aliphatic rings. The summed E-state index contributed by atoms with van der Waals surface area (Å²) >= 11 is 3.41. The predicted octanol–water partition coefficient (Wildman–Crippen LogP) is 2.49. The number of nitrogens with zero attached hydrogens (tertiary/aromatic N) is 1. The van der Waals surface area contributed by atoms with Crippen molar-refractivity contribution >= 4 is 40.2 Å². The molecule has 2 amide bonds. The van der Waals surface area contributed by atoms with Gasteiger partial charge < -0.3 is 16.0 Å². The Hall–Kier alpha value is -1.11. The van der Waals surface area contributed by atoms with Gasteiger partial charge in [-0.15, -0.1) is 12.4 Å². The van der Waals surface area contributed by atoms with Crippen molar-refractivity contribution in [2.45, 2.75) is 32.7 Å². The van der Waals surface area contributed by atoms with Crippen LogP contribution in [0.2, 0.25) is 0 Å². The molecule has 0 bridgehead atoms. The van der Waals surface area contributed by atoms with Gasteiger partial charge in [-0.1, -0.05) is 15.9 Å². The molecule has 134 valence electrons. The molecule has 0 radical (unpaired) electrons. The molecule has 3 N–H and O–H groups in total. The van der Waals surface area contributed by atoms with Crippen molar-refractivity contribution in [2.75, 3.05) is 19.6 Å². The average molecular weight is 419 g/mol. The number of hydrogen-bond acceptors (Lipinski definition) is 3. The summed E-state index contributed by atoms with van der Waals surface area (Å²) in [6.45, 7) is 5.39. The Morgan fingerprint density at radius 3 is 2.79 bits per heavy atom. The molecular weight excluding hydrogens is 394 g/mol. The van der Waals surface area contributed by atoms with Gasteiger partial charge in [-0.2, -0.15) is 0 Å². The van der Waals surface area contributed by atoms with E-state index in [2.05, 4.69) is 21.2 Å². The molecule has 5 nitrogen and oxygen atoms in total. The van der Waals surface area contributed by atoms with E-state index in [4.69, 9.17) is 5.73 Å². The normalized spacial score (nSPS) is 18.5. The first-order chi connectivity index (χ1) is 10.9. The molecular formula is C17H25BrClN3O2. The topological polar surface area (TPSA) is 75.4 Å². The lowest BCUT2D eigenvalue weighted by atomic mass is 9.95. The lowest BCUT2D eigenvalue weighted by Gasteiger charge is -2.33. The van der Waals surface area contributed by atoms with Crippen molar-refractivity contribution in [1.82, 2.24) is 10.2 Å². The van der Waals surface area contributed by atoms with Crippen LogP contribution in [0.15, 0.2) is 22.7 Å². The Balaban J connectivity index is 0.00000288. The maximum atomic E-state index is 12.7. The van der Waals surface area contributed by atoms with Crippen molar-refractivity contribution in [2.24, 2.45) is 11.7 Å². The van der Waals surface area contributed by atoms with Gasteiger partial charge in [0.1, 0.15) is 0 Å². The van der Waals surface area contributed by atoms with Gasteiger partial charge in [0.15, 0.2) is 0 Å². The molecule has 1 aromatic rings. The van der Waals surface area contributed by atoms with Crippen molar-refractivity contribution in [1.29, 1.82) is 0 Å². The first kappa shape index (κ1) is 20.9. The lowest BCUT2D eigenvalue weighted by Crippen LogP contribution is -2.48. The van der Waals surface area contributed by atoms with Gasteiger partial charge in [-0.3, -0.25) is 9.59 Å². The van der Waals surface area contributed by atoms with E-state index in [-0.39, 0.29) is 36.2 Å². The van der Waals surface area contributed by atoms with E-state index in [0.717, 1.165) is 22.9 Å². The number of aryl methyl sites for hydroxylation is 1. The molecule has 0 aliphatic carbocycles. The number of halogens is 2. The SMILES string of the molecule is Cc1cc(Br)ccc1C(=O)N1CCCC(C(=O)N[C@@H](C)CN)C1.Cl. The zero-order valence-electron chi connectivity index (χ0n) is 14.0.